The lowest BCUT2D eigenvalue weighted by Gasteiger charge is -2.29. The first kappa shape index (κ1) is 26.7. The minimum absolute atomic E-state index is 0.0495. The van der Waals surface area contributed by atoms with Gasteiger partial charge in [0.25, 0.3) is 0 Å². The number of carbonyl (C=O) groups excluding carboxylic acids is 3. The summed E-state index contributed by atoms with van der Waals surface area (Å²) in [5.41, 5.74) is 6.03. The fourth-order valence-corrected chi connectivity index (χ4v) is 3.51. The summed E-state index contributed by atoms with van der Waals surface area (Å²) in [6.45, 7) is 4.16. The number of aliphatic carboxylic acids is 2. The van der Waals surface area contributed by atoms with Gasteiger partial charge in [0.15, 0.2) is 0 Å². The van der Waals surface area contributed by atoms with Crippen LogP contribution >= 0.6 is 12.6 Å². The molecule has 12 heteroatoms. The predicted molar refractivity (Wildman–Crippen MR) is 114 cm³/mol. The number of hydrogen-bond acceptors (Lipinski definition) is 7. The maximum Gasteiger partial charge on any atom is 0.326 e. The van der Waals surface area contributed by atoms with Crippen LogP contribution in [0.2, 0.25) is 0 Å². The van der Waals surface area contributed by atoms with Gasteiger partial charge < -0.3 is 31.5 Å². The number of nitrogens with zero attached hydrogens (tertiary/aromatic N) is 1. The smallest absolute Gasteiger partial charge is 0.326 e. The van der Waals surface area contributed by atoms with Crippen molar-refractivity contribution >= 4 is 42.3 Å². The Morgan fingerprint density at radius 2 is 1.81 bits per heavy atom. The van der Waals surface area contributed by atoms with E-state index in [1.54, 1.807) is 0 Å². The molecule has 0 aromatic carbocycles. The summed E-state index contributed by atoms with van der Waals surface area (Å²) >= 11 is 4.05. The van der Waals surface area contributed by atoms with Gasteiger partial charge in [0, 0.05) is 18.7 Å². The van der Waals surface area contributed by atoms with Crippen LogP contribution in [-0.2, 0) is 24.0 Å². The zero-order chi connectivity index (χ0) is 23.7. The van der Waals surface area contributed by atoms with Crippen molar-refractivity contribution < 1.29 is 34.2 Å². The van der Waals surface area contributed by atoms with E-state index in [4.69, 9.17) is 10.8 Å². The molecule has 1 aliphatic rings. The number of rotatable bonds is 12. The summed E-state index contributed by atoms with van der Waals surface area (Å²) in [6, 6.07) is -4.07. The molecule has 0 aromatic heterocycles. The first-order valence-corrected chi connectivity index (χ1v) is 10.9. The first-order chi connectivity index (χ1) is 14.5. The van der Waals surface area contributed by atoms with Gasteiger partial charge in [-0.3, -0.25) is 19.2 Å². The fourth-order valence-electron chi connectivity index (χ4n) is 3.25. The maximum atomic E-state index is 12.8. The molecular weight excluding hydrogens is 428 g/mol. The first-order valence-electron chi connectivity index (χ1n) is 10.3. The highest BCUT2D eigenvalue weighted by atomic mass is 32.1. The van der Waals surface area contributed by atoms with Crippen LogP contribution in [0.5, 0.6) is 0 Å². The van der Waals surface area contributed by atoms with Crippen LogP contribution in [0.1, 0.15) is 46.0 Å². The van der Waals surface area contributed by atoms with Crippen LogP contribution < -0.4 is 16.4 Å². The second-order valence-electron chi connectivity index (χ2n) is 7.68. The molecule has 1 saturated heterocycles. The van der Waals surface area contributed by atoms with Crippen molar-refractivity contribution in [2.45, 2.75) is 70.1 Å². The van der Waals surface area contributed by atoms with E-state index < -0.39 is 54.3 Å². The Hall–Kier alpha value is -2.34. The molecule has 0 bridgehead atoms. The van der Waals surface area contributed by atoms with Crippen LogP contribution in [0, 0.1) is 5.92 Å². The fraction of sp³-hybridized carbons (Fsp3) is 0.737. The molecule has 0 spiro atoms. The van der Waals surface area contributed by atoms with Crippen LogP contribution in [0.3, 0.4) is 0 Å². The second kappa shape index (κ2) is 12.5. The number of nitrogens with one attached hydrogen (secondary N) is 2. The largest absolute Gasteiger partial charge is 0.481 e. The van der Waals surface area contributed by atoms with Gasteiger partial charge in [0.2, 0.25) is 17.7 Å². The Kier molecular flexibility index (Phi) is 10.8. The number of likely N-dealkylation sites (tertiary alicyclic amines) is 1. The van der Waals surface area contributed by atoms with E-state index in [0.29, 0.717) is 25.8 Å². The standard InChI is InChI=1S/C19H32N4O7S/c1-3-10(2)15(20)18(28)23-8-4-5-13(23)17(27)22-12(9-31)16(26)21-11(19(29)30)6-7-14(24)25/h10-13,15,31H,3-9,20H2,1-2H3,(H,21,26)(H,22,27)(H,24,25)(H,29,30). The number of carboxylic acid groups (broad SMARTS) is 2. The van der Waals surface area contributed by atoms with Gasteiger partial charge in [-0.1, -0.05) is 20.3 Å². The average molecular weight is 461 g/mol. The third-order valence-corrected chi connectivity index (χ3v) is 5.82. The molecule has 1 fully saturated rings. The van der Waals surface area contributed by atoms with Crippen LogP contribution in [0.25, 0.3) is 0 Å². The van der Waals surface area contributed by atoms with Gasteiger partial charge in [0.1, 0.15) is 18.1 Å². The number of thiol groups is 1. The highest BCUT2D eigenvalue weighted by Crippen LogP contribution is 2.20. The van der Waals surface area contributed by atoms with Gasteiger partial charge in [-0.15, -0.1) is 0 Å². The lowest BCUT2D eigenvalue weighted by atomic mass is 9.98. The lowest BCUT2D eigenvalue weighted by Crippen LogP contribution is -2.57. The average Bonchev–Trinajstić information content (AvgIpc) is 3.22. The molecule has 1 rings (SSSR count). The topological polar surface area (TPSA) is 179 Å². The lowest BCUT2D eigenvalue weighted by molar-refractivity contribution is -0.144. The molecule has 1 heterocycles. The summed E-state index contributed by atoms with van der Waals surface area (Å²) < 4.78 is 0. The number of carbonyl (C=O) groups is 5. The summed E-state index contributed by atoms with van der Waals surface area (Å²) in [5, 5.41) is 22.6. The normalized spacial score (nSPS) is 19.7. The van der Waals surface area contributed by atoms with Crippen molar-refractivity contribution in [3.63, 3.8) is 0 Å². The van der Waals surface area contributed by atoms with E-state index in [1.165, 1.54) is 4.90 Å². The molecular formula is C19H32N4O7S. The molecule has 0 aliphatic carbocycles. The molecule has 0 radical (unpaired) electrons. The monoisotopic (exact) mass is 460 g/mol. The summed E-state index contributed by atoms with van der Waals surface area (Å²) in [7, 11) is 0. The SMILES string of the molecule is CCC(C)C(N)C(=O)N1CCCC1C(=O)NC(CS)C(=O)NC(CCC(=O)O)C(=O)O. The third-order valence-electron chi connectivity index (χ3n) is 5.46. The molecule has 6 N–H and O–H groups in total. The third kappa shape index (κ3) is 7.69. The highest BCUT2D eigenvalue weighted by molar-refractivity contribution is 7.80. The van der Waals surface area contributed by atoms with E-state index in [1.807, 2.05) is 13.8 Å². The molecule has 0 saturated carbocycles. The summed E-state index contributed by atoms with van der Waals surface area (Å²) in [5.74, 6) is -4.41. The second-order valence-corrected chi connectivity index (χ2v) is 8.04. The Balaban J connectivity index is 2.79. The summed E-state index contributed by atoms with van der Waals surface area (Å²) in [4.78, 5) is 61.3. The van der Waals surface area contributed by atoms with Crippen molar-refractivity contribution in [3.05, 3.63) is 0 Å². The van der Waals surface area contributed by atoms with E-state index in [-0.39, 0.29) is 24.0 Å². The van der Waals surface area contributed by atoms with Gasteiger partial charge in [-0.05, 0) is 25.2 Å². The Morgan fingerprint density at radius 1 is 1.16 bits per heavy atom. The molecule has 11 nitrogen and oxygen atoms in total. The quantitative estimate of drug-likeness (QED) is 0.205. The van der Waals surface area contributed by atoms with Crippen molar-refractivity contribution in [3.8, 4) is 0 Å². The van der Waals surface area contributed by atoms with Gasteiger partial charge in [0.05, 0.1) is 6.04 Å². The predicted octanol–water partition coefficient (Wildman–Crippen LogP) is -0.800. The minimum Gasteiger partial charge on any atom is -0.481 e. The highest BCUT2D eigenvalue weighted by Gasteiger charge is 2.38. The number of hydrogen-bond donors (Lipinski definition) is 6. The molecule has 3 amide bonds. The summed E-state index contributed by atoms with van der Waals surface area (Å²) in [6.07, 6.45) is 1.01. The van der Waals surface area contributed by atoms with Crippen LogP contribution in [0.4, 0.5) is 0 Å². The number of amides is 3. The van der Waals surface area contributed by atoms with E-state index in [9.17, 15) is 29.1 Å². The zero-order valence-corrected chi connectivity index (χ0v) is 18.6. The minimum atomic E-state index is -1.42. The maximum absolute atomic E-state index is 12.8. The molecule has 176 valence electrons. The van der Waals surface area contributed by atoms with Crippen molar-refractivity contribution in [2.75, 3.05) is 12.3 Å². The van der Waals surface area contributed by atoms with Crippen molar-refractivity contribution in [1.82, 2.24) is 15.5 Å². The molecule has 0 aromatic rings. The van der Waals surface area contributed by atoms with E-state index in [2.05, 4.69) is 23.3 Å². The van der Waals surface area contributed by atoms with Crippen molar-refractivity contribution in [2.24, 2.45) is 11.7 Å². The molecule has 1 aliphatic heterocycles. The Labute approximate surface area is 186 Å². The zero-order valence-electron chi connectivity index (χ0n) is 17.7. The van der Waals surface area contributed by atoms with Crippen LogP contribution in [-0.4, -0.2) is 81.2 Å². The Morgan fingerprint density at radius 3 is 2.32 bits per heavy atom. The van der Waals surface area contributed by atoms with Crippen molar-refractivity contribution in [1.29, 1.82) is 0 Å². The molecule has 5 unspecified atom stereocenters. The Bertz CT molecular complexity index is 690. The number of nitrogens with two attached hydrogens (primary N) is 1. The van der Waals surface area contributed by atoms with E-state index >= 15 is 0 Å². The number of carboxylic acids is 2. The van der Waals surface area contributed by atoms with Crippen LogP contribution in [0.15, 0.2) is 0 Å². The van der Waals surface area contributed by atoms with Gasteiger partial charge >= 0.3 is 11.9 Å². The van der Waals surface area contributed by atoms with E-state index in [0.717, 1.165) is 0 Å². The molecule has 5 atom stereocenters. The van der Waals surface area contributed by atoms with Gasteiger partial charge in [-0.2, -0.15) is 12.6 Å². The molecule has 31 heavy (non-hydrogen) atoms. The van der Waals surface area contributed by atoms with Gasteiger partial charge in [-0.25, -0.2) is 4.79 Å².